The third-order valence-corrected chi connectivity index (χ3v) is 7.24. The van der Waals surface area contributed by atoms with Crippen LogP contribution in [0, 0.1) is 5.82 Å². The van der Waals surface area contributed by atoms with Gasteiger partial charge in [0.05, 0.1) is 34.0 Å². The van der Waals surface area contributed by atoms with Gasteiger partial charge in [0, 0.05) is 40.2 Å². The average Bonchev–Trinajstić information content (AvgIpc) is 3.73. The number of hydrogen-bond acceptors (Lipinski definition) is 6. The van der Waals surface area contributed by atoms with Crippen LogP contribution in [0.2, 0.25) is 0 Å². The van der Waals surface area contributed by atoms with Gasteiger partial charge in [0.25, 0.3) is 0 Å². The van der Waals surface area contributed by atoms with Crippen LogP contribution >= 0.6 is 11.3 Å². The van der Waals surface area contributed by atoms with Crippen LogP contribution in [-0.2, 0) is 0 Å². The molecule has 7 rings (SSSR count). The van der Waals surface area contributed by atoms with E-state index in [9.17, 15) is 0 Å². The monoisotopic (exact) mass is 529 g/mol. The lowest BCUT2D eigenvalue weighted by molar-refractivity contribution is 0.643. The Kier molecular flexibility index (Phi) is 5.49. The van der Waals surface area contributed by atoms with Crippen molar-refractivity contribution in [1.82, 2.24) is 30.1 Å². The number of rotatable bonds is 6. The molecule has 0 saturated heterocycles. The molecule has 0 radical (unpaired) electrons. The Morgan fingerprint density at radius 3 is 2.69 bits per heavy atom. The van der Waals surface area contributed by atoms with Crippen molar-refractivity contribution in [2.75, 3.05) is 5.32 Å². The summed E-state index contributed by atoms with van der Waals surface area (Å²) >= 11 is 1.59. The van der Waals surface area contributed by atoms with Crippen molar-refractivity contribution in [2.24, 2.45) is 0 Å². The molecule has 5 aromatic heterocycles. The lowest BCUT2D eigenvalue weighted by atomic mass is 10.0. The zero-order valence-corrected chi connectivity index (χ0v) is 21.3. The third-order valence-electron chi connectivity index (χ3n) is 6.55. The number of H-pyrrole nitrogens is 2. The van der Waals surface area contributed by atoms with Gasteiger partial charge in [-0.15, -0.1) is 0 Å². The molecule has 0 spiro atoms. The second-order valence-electron chi connectivity index (χ2n) is 9.01. The summed E-state index contributed by atoms with van der Waals surface area (Å²) in [4.78, 5) is 17.0. The molecule has 0 atom stereocenters. The number of nitrogens with one attached hydrogen (secondary N) is 3. The highest BCUT2D eigenvalue weighted by molar-refractivity contribution is 7.08. The first-order chi connectivity index (χ1) is 19.2. The number of pyridine rings is 2. The maximum absolute atomic E-state index is 16.2. The van der Waals surface area contributed by atoms with Gasteiger partial charge in [0.2, 0.25) is 0 Å². The summed E-state index contributed by atoms with van der Waals surface area (Å²) in [6.45, 7) is 4.12. The SMILES string of the molecule is C=C(Nc1cncc(-c2ccc3[nH]nc(-c4nc5c(-c6ccsc6)nccc5[nH]4)c3c2F)c1)c1ccccc1. The van der Waals surface area contributed by atoms with E-state index < -0.39 is 5.82 Å². The number of thiophene rings is 1. The fraction of sp³-hybridized carbons (Fsp3) is 0. The van der Waals surface area contributed by atoms with Crippen molar-refractivity contribution < 1.29 is 4.39 Å². The fourth-order valence-electron chi connectivity index (χ4n) is 4.67. The molecule has 39 heavy (non-hydrogen) atoms. The molecule has 0 unspecified atom stereocenters. The number of aromatic nitrogens is 6. The van der Waals surface area contributed by atoms with Gasteiger partial charge in [0.15, 0.2) is 5.82 Å². The van der Waals surface area contributed by atoms with E-state index in [1.54, 1.807) is 36.0 Å². The Balaban J connectivity index is 1.29. The van der Waals surface area contributed by atoms with Gasteiger partial charge in [-0.2, -0.15) is 16.4 Å². The molecule has 0 amide bonds. The number of benzene rings is 2. The van der Waals surface area contributed by atoms with Gasteiger partial charge in [0.1, 0.15) is 17.0 Å². The molecule has 9 heteroatoms. The minimum absolute atomic E-state index is 0.351. The second kappa shape index (κ2) is 9.30. The summed E-state index contributed by atoms with van der Waals surface area (Å²) in [5, 5.41) is 15.0. The number of hydrogen-bond donors (Lipinski definition) is 3. The first kappa shape index (κ1) is 23.0. The Morgan fingerprint density at radius 2 is 1.85 bits per heavy atom. The normalized spacial score (nSPS) is 11.3. The smallest absolute Gasteiger partial charge is 0.159 e. The summed E-state index contributed by atoms with van der Waals surface area (Å²) in [6.07, 6.45) is 5.06. The summed E-state index contributed by atoms with van der Waals surface area (Å²) in [7, 11) is 0. The maximum atomic E-state index is 16.2. The summed E-state index contributed by atoms with van der Waals surface area (Å²) in [5.41, 5.74) is 7.66. The molecule has 0 aliphatic rings. The predicted octanol–water partition coefficient (Wildman–Crippen LogP) is 7.51. The van der Waals surface area contributed by atoms with Gasteiger partial charge in [-0.25, -0.2) is 9.37 Å². The number of aromatic amines is 2. The number of fused-ring (bicyclic) bond motifs is 2. The van der Waals surface area contributed by atoms with Crippen molar-refractivity contribution in [2.45, 2.75) is 0 Å². The molecule has 3 N–H and O–H groups in total. The van der Waals surface area contributed by atoms with E-state index in [4.69, 9.17) is 4.98 Å². The van der Waals surface area contributed by atoms with E-state index in [0.29, 0.717) is 44.8 Å². The zero-order chi connectivity index (χ0) is 26.3. The standard InChI is InChI=1S/C30H20FN7S/c1-17(18-5-3-2-4-6-18)34-21-13-20(14-32-15-21)22-7-8-23-25(26(22)31)29(38-37-23)30-35-24-9-11-33-27(28(24)36-30)19-10-12-39-16-19/h2-16,34H,1H2,(H,35,36)(H,37,38). The molecule has 188 valence electrons. The van der Waals surface area contributed by atoms with E-state index >= 15 is 4.39 Å². The quantitative estimate of drug-likeness (QED) is 0.207. The molecule has 0 fully saturated rings. The van der Waals surface area contributed by atoms with E-state index in [2.05, 4.69) is 37.0 Å². The Labute approximate surface area is 226 Å². The van der Waals surface area contributed by atoms with Gasteiger partial charge in [-0.05, 0) is 41.3 Å². The van der Waals surface area contributed by atoms with Crippen molar-refractivity contribution in [3.8, 4) is 33.9 Å². The molecular formula is C30H20FN7S. The summed E-state index contributed by atoms with van der Waals surface area (Å²) < 4.78 is 16.2. The van der Waals surface area contributed by atoms with Gasteiger partial charge < -0.3 is 10.3 Å². The van der Waals surface area contributed by atoms with Crippen LogP contribution in [-0.4, -0.2) is 30.1 Å². The van der Waals surface area contributed by atoms with Crippen molar-refractivity contribution in [3.63, 3.8) is 0 Å². The zero-order valence-electron chi connectivity index (χ0n) is 20.4. The van der Waals surface area contributed by atoms with Gasteiger partial charge in [-0.1, -0.05) is 36.9 Å². The van der Waals surface area contributed by atoms with Gasteiger partial charge in [-0.3, -0.25) is 15.1 Å². The van der Waals surface area contributed by atoms with Crippen molar-refractivity contribution in [1.29, 1.82) is 0 Å². The van der Waals surface area contributed by atoms with Gasteiger partial charge >= 0.3 is 0 Å². The maximum Gasteiger partial charge on any atom is 0.159 e. The lowest BCUT2D eigenvalue weighted by Gasteiger charge is -2.11. The van der Waals surface area contributed by atoms with Crippen LogP contribution < -0.4 is 5.32 Å². The van der Waals surface area contributed by atoms with E-state index in [1.807, 2.05) is 65.4 Å². The molecule has 5 heterocycles. The Bertz CT molecular complexity index is 1970. The van der Waals surface area contributed by atoms with Crippen LogP contribution in [0.4, 0.5) is 10.1 Å². The molecule has 7 nitrogen and oxygen atoms in total. The highest BCUT2D eigenvalue weighted by Gasteiger charge is 2.21. The molecule has 0 aliphatic heterocycles. The first-order valence-electron chi connectivity index (χ1n) is 12.2. The molecule has 2 aromatic carbocycles. The van der Waals surface area contributed by atoms with Crippen LogP contribution in [0.25, 0.3) is 61.5 Å². The Hall–Kier alpha value is -5.15. The number of nitrogens with zero attached hydrogens (tertiary/aromatic N) is 4. The molecule has 7 aromatic rings. The van der Waals surface area contributed by atoms with E-state index in [0.717, 1.165) is 28.0 Å². The first-order valence-corrected chi connectivity index (χ1v) is 13.1. The molecule has 0 saturated carbocycles. The lowest BCUT2D eigenvalue weighted by Crippen LogP contribution is -1.98. The average molecular weight is 530 g/mol. The fourth-order valence-corrected chi connectivity index (χ4v) is 5.31. The second-order valence-corrected chi connectivity index (χ2v) is 9.79. The predicted molar refractivity (Wildman–Crippen MR) is 155 cm³/mol. The highest BCUT2D eigenvalue weighted by Crippen LogP contribution is 2.35. The van der Waals surface area contributed by atoms with E-state index in [1.165, 1.54) is 0 Å². The summed E-state index contributed by atoms with van der Waals surface area (Å²) in [6, 6.07) is 19.0. The summed E-state index contributed by atoms with van der Waals surface area (Å²) in [5.74, 6) is 0.0539. The largest absolute Gasteiger partial charge is 0.354 e. The number of imidazole rings is 1. The van der Waals surface area contributed by atoms with E-state index in [-0.39, 0.29) is 0 Å². The van der Waals surface area contributed by atoms with Crippen LogP contribution in [0.3, 0.4) is 0 Å². The van der Waals surface area contributed by atoms with Crippen LogP contribution in [0.5, 0.6) is 0 Å². The molecular weight excluding hydrogens is 509 g/mol. The van der Waals surface area contributed by atoms with Crippen LogP contribution in [0.1, 0.15) is 5.56 Å². The third kappa shape index (κ3) is 4.05. The number of halogens is 1. The molecule has 0 bridgehead atoms. The minimum atomic E-state index is -0.409. The molecule has 0 aliphatic carbocycles. The topological polar surface area (TPSA) is 95.2 Å². The van der Waals surface area contributed by atoms with Crippen molar-refractivity contribution in [3.05, 3.63) is 108 Å². The van der Waals surface area contributed by atoms with Crippen LogP contribution in [0.15, 0.2) is 96.6 Å². The Morgan fingerprint density at radius 1 is 0.949 bits per heavy atom. The minimum Gasteiger partial charge on any atom is -0.354 e. The van der Waals surface area contributed by atoms with Crippen molar-refractivity contribution >= 4 is 44.7 Å². The highest BCUT2D eigenvalue weighted by atomic mass is 32.1. The number of anilines is 1.